The van der Waals surface area contributed by atoms with E-state index in [9.17, 15) is 0 Å². The molecular weight excluding hydrogens is 669 g/mol. The molecule has 11 rings (SSSR count). The van der Waals surface area contributed by atoms with Crippen LogP contribution in [0, 0.1) is 0 Å². The van der Waals surface area contributed by atoms with Crippen molar-refractivity contribution in [3.63, 3.8) is 0 Å². The normalized spacial score (nSPS) is 11.6. The van der Waals surface area contributed by atoms with Crippen molar-refractivity contribution in [1.82, 2.24) is 4.57 Å². The van der Waals surface area contributed by atoms with E-state index in [-0.39, 0.29) is 0 Å². The van der Waals surface area contributed by atoms with Crippen molar-refractivity contribution in [2.24, 2.45) is 0 Å². The highest BCUT2D eigenvalue weighted by Gasteiger charge is 2.21. The summed E-state index contributed by atoms with van der Waals surface area (Å²) in [7, 11) is 0. The van der Waals surface area contributed by atoms with E-state index >= 15 is 0 Å². The van der Waals surface area contributed by atoms with Crippen molar-refractivity contribution in [2.45, 2.75) is 0 Å². The first-order valence-electron chi connectivity index (χ1n) is 18.8. The lowest BCUT2D eigenvalue weighted by atomic mass is 10.0. The predicted molar refractivity (Wildman–Crippen MR) is 231 cm³/mol. The fourth-order valence-electron chi connectivity index (χ4n) is 8.35. The Balaban J connectivity index is 1.07. The van der Waals surface area contributed by atoms with E-state index in [1.54, 1.807) is 0 Å². The lowest BCUT2D eigenvalue weighted by molar-refractivity contribution is 0.669. The van der Waals surface area contributed by atoms with Crippen molar-refractivity contribution in [2.75, 3.05) is 4.90 Å². The van der Waals surface area contributed by atoms with Crippen LogP contribution in [0.2, 0.25) is 0 Å². The van der Waals surface area contributed by atoms with E-state index < -0.39 is 0 Å². The highest BCUT2D eigenvalue weighted by Crippen LogP contribution is 2.44. The second-order valence-corrected chi connectivity index (χ2v) is 14.2. The number of benzene rings is 9. The first-order valence-corrected chi connectivity index (χ1v) is 18.8. The van der Waals surface area contributed by atoms with E-state index in [2.05, 4.69) is 216 Å². The van der Waals surface area contributed by atoms with Crippen LogP contribution in [0.3, 0.4) is 0 Å². The minimum absolute atomic E-state index is 0.901. The number of anilines is 3. The van der Waals surface area contributed by atoms with Gasteiger partial charge in [0.05, 0.1) is 16.7 Å². The van der Waals surface area contributed by atoms with Crippen LogP contribution in [0.1, 0.15) is 0 Å². The molecule has 0 amide bonds. The summed E-state index contributed by atoms with van der Waals surface area (Å²) in [6.07, 6.45) is 0. The monoisotopic (exact) mass is 702 g/mol. The molecule has 0 saturated heterocycles. The van der Waals surface area contributed by atoms with Crippen molar-refractivity contribution in [1.29, 1.82) is 0 Å². The zero-order valence-corrected chi connectivity index (χ0v) is 29.9. The third-order valence-corrected chi connectivity index (χ3v) is 11.0. The lowest BCUT2D eigenvalue weighted by Gasteiger charge is -2.27. The van der Waals surface area contributed by atoms with Crippen LogP contribution < -0.4 is 4.90 Å². The van der Waals surface area contributed by atoms with Gasteiger partial charge in [-0.05, 0) is 112 Å². The number of furan rings is 1. The summed E-state index contributed by atoms with van der Waals surface area (Å²) in [6.45, 7) is 0. The molecule has 0 unspecified atom stereocenters. The minimum Gasteiger partial charge on any atom is -0.456 e. The second kappa shape index (κ2) is 12.6. The Hall–Kier alpha value is -7.36. The number of fused-ring (bicyclic) bond motifs is 7. The first-order chi connectivity index (χ1) is 27.3. The van der Waals surface area contributed by atoms with Gasteiger partial charge in [-0.1, -0.05) is 127 Å². The Labute approximate surface area is 318 Å². The van der Waals surface area contributed by atoms with E-state index in [0.29, 0.717) is 0 Å². The smallest absolute Gasteiger partial charge is 0.136 e. The molecule has 0 fully saturated rings. The second-order valence-electron chi connectivity index (χ2n) is 14.2. The summed E-state index contributed by atoms with van der Waals surface area (Å²) in [5.41, 5.74) is 13.3. The molecule has 9 aromatic carbocycles. The maximum Gasteiger partial charge on any atom is 0.136 e. The average Bonchev–Trinajstić information content (AvgIpc) is 3.79. The van der Waals surface area contributed by atoms with Crippen molar-refractivity contribution < 1.29 is 4.42 Å². The number of nitrogens with zero attached hydrogens (tertiary/aromatic N) is 2. The summed E-state index contributed by atoms with van der Waals surface area (Å²) in [5, 5.41) is 7.09. The summed E-state index contributed by atoms with van der Waals surface area (Å²) in [4.78, 5) is 2.40. The van der Waals surface area contributed by atoms with Crippen molar-refractivity contribution in [3.05, 3.63) is 206 Å². The number of para-hydroxylation sites is 2. The molecule has 2 aromatic heterocycles. The van der Waals surface area contributed by atoms with Crippen LogP contribution in [0.5, 0.6) is 0 Å². The van der Waals surface area contributed by atoms with Crippen LogP contribution in [0.25, 0.3) is 82.5 Å². The van der Waals surface area contributed by atoms with Gasteiger partial charge in [-0.3, -0.25) is 0 Å². The van der Waals surface area contributed by atoms with Gasteiger partial charge >= 0.3 is 0 Å². The summed E-state index contributed by atoms with van der Waals surface area (Å²) in [5.74, 6) is 0. The number of aromatic nitrogens is 1. The van der Waals surface area contributed by atoms with E-state index in [1.165, 1.54) is 43.7 Å². The van der Waals surface area contributed by atoms with Gasteiger partial charge in [0.15, 0.2) is 0 Å². The van der Waals surface area contributed by atoms with Gasteiger partial charge in [-0.2, -0.15) is 0 Å². The highest BCUT2D eigenvalue weighted by molar-refractivity contribution is 6.16. The molecule has 11 aromatic rings. The third kappa shape index (κ3) is 5.20. The largest absolute Gasteiger partial charge is 0.456 e. The third-order valence-electron chi connectivity index (χ3n) is 11.0. The molecule has 258 valence electrons. The molecule has 0 spiro atoms. The van der Waals surface area contributed by atoms with Crippen LogP contribution in [-0.2, 0) is 0 Å². The Bertz CT molecular complexity index is 3180. The Morgan fingerprint density at radius 2 is 0.927 bits per heavy atom. The SMILES string of the molecule is c1ccc(-c2ccc(N(c3ccc(-c4ccc5oc6cc7ccccc7cc6c5c4)cc3)c3cccc4c3c3ccccc3n4-c3ccccc3)cc2)cc1. The van der Waals surface area contributed by atoms with E-state index in [4.69, 9.17) is 4.42 Å². The summed E-state index contributed by atoms with van der Waals surface area (Å²) < 4.78 is 8.71. The standard InChI is InChI=1S/C52H34N2O/c1-3-12-35(13-4-1)36-22-27-42(28-23-36)53(48-20-11-21-49-52(48)44-18-9-10-19-47(44)54(49)41-16-5-2-6-17-41)43-29-24-37(25-30-43)40-26-31-50-45(33-40)46-32-38-14-7-8-15-39(38)34-51(46)55-50/h1-34H. The van der Waals surface area contributed by atoms with Crippen LogP contribution >= 0.6 is 0 Å². The number of rotatable bonds is 6. The molecule has 0 aliphatic heterocycles. The molecule has 0 aliphatic carbocycles. The van der Waals surface area contributed by atoms with Gasteiger partial charge in [0.1, 0.15) is 11.2 Å². The van der Waals surface area contributed by atoms with Crippen LogP contribution in [-0.4, -0.2) is 4.57 Å². The van der Waals surface area contributed by atoms with Gasteiger partial charge in [0.2, 0.25) is 0 Å². The fourth-order valence-corrected chi connectivity index (χ4v) is 8.35. The van der Waals surface area contributed by atoms with Gasteiger partial charge in [0.25, 0.3) is 0 Å². The molecule has 0 bridgehead atoms. The van der Waals surface area contributed by atoms with Crippen molar-refractivity contribution >= 4 is 71.6 Å². The lowest BCUT2D eigenvalue weighted by Crippen LogP contribution is -2.10. The first kappa shape index (κ1) is 31.2. The van der Waals surface area contributed by atoms with Gasteiger partial charge in [0, 0.05) is 38.6 Å². The zero-order chi connectivity index (χ0) is 36.3. The maximum atomic E-state index is 6.32. The number of hydrogen-bond acceptors (Lipinski definition) is 2. The molecule has 3 heteroatoms. The van der Waals surface area contributed by atoms with Crippen LogP contribution in [0.15, 0.2) is 211 Å². The Morgan fingerprint density at radius 1 is 0.364 bits per heavy atom. The molecule has 55 heavy (non-hydrogen) atoms. The van der Waals surface area contributed by atoms with Gasteiger partial charge in [-0.15, -0.1) is 0 Å². The summed E-state index contributed by atoms with van der Waals surface area (Å²) in [6, 6.07) is 74.0. The molecular formula is C52H34N2O. The molecule has 0 aliphatic rings. The molecule has 3 nitrogen and oxygen atoms in total. The average molecular weight is 703 g/mol. The zero-order valence-electron chi connectivity index (χ0n) is 29.9. The van der Waals surface area contributed by atoms with Crippen molar-refractivity contribution in [3.8, 4) is 27.9 Å². The highest BCUT2D eigenvalue weighted by atomic mass is 16.3. The topological polar surface area (TPSA) is 21.3 Å². The van der Waals surface area contributed by atoms with E-state index in [1.807, 2.05) is 0 Å². The Morgan fingerprint density at radius 3 is 1.67 bits per heavy atom. The molecule has 2 heterocycles. The maximum absolute atomic E-state index is 6.32. The fraction of sp³-hybridized carbons (Fsp3) is 0. The van der Waals surface area contributed by atoms with Crippen LogP contribution in [0.4, 0.5) is 17.1 Å². The summed E-state index contributed by atoms with van der Waals surface area (Å²) >= 11 is 0. The van der Waals surface area contributed by atoms with Gasteiger partial charge in [-0.25, -0.2) is 0 Å². The minimum atomic E-state index is 0.901. The molecule has 0 atom stereocenters. The number of hydrogen-bond donors (Lipinski definition) is 0. The van der Waals surface area contributed by atoms with E-state index in [0.717, 1.165) is 55.8 Å². The molecule has 0 radical (unpaired) electrons. The quantitative estimate of drug-likeness (QED) is 0.172. The predicted octanol–water partition coefficient (Wildman–Crippen LogP) is 14.6. The van der Waals surface area contributed by atoms with Gasteiger partial charge < -0.3 is 13.9 Å². The molecule has 0 saturated carbocycles. The molecule has 0 N–H and O–H groups in total. The Kier molecular flexibility index (Phi) is 7.17.